The van der Waals surface area contributed by atoms with Crippen molar-refractivity contribution in [3.8, 4) is 5.75 Å². The van der Waals surface area contributed by atoms with Crippen LogP contribution in [0.3, 0.4) is 0 Å². The van der Waals surface area contributed by atoms with Gasteiger partial charge in [0.05, 0.1) is 19.8 Å². The van der Waals surface area contributed by atoms with Gasteiger partial charge >= 0.3 is 0 Å². The molecule has 22 heavy (non-hydrogen) atoms. The molecule has 0 heterocycles. The summed E-state index contributed by atoms with van der Waals surface area (Å²) in [6.45, 7) is 8.38. The molecule has 0 fully saturated rings. The van der Waals surface area contributed by atoms with Gasteiger partial charge in [-0.1, -0.05) is 54.0 Å². The molecule has 0 unspecified atom stereocenters. The molecule has 0 aromatic heterocycles. The smallest absolute Gasteiger partial charge is 0.119 e. The number of benzene rings is 2. The Morgan fingerprint density at radius 3 is 2.41 bits per heavy atom. The van der Waals surface area contributed by atoms with Crippen LogP contribution < -0.4 is 4.74 Å². The number of hydrogen-bond acceptors (Lipinski definition) is 2. The van der Waals surface area contributed by atoms with Gasteiger partial charge in [-0.05, 0) is 42.3 Å². The van der Waals surface area contributed by atoms with Crippen molar-refractivity contribution < 1.29 is 9.47 Å². The number of rotatable bonds is 7. The molecule has 0 spiro atoms. The van der Waals surface area contributed by atoms with E-state index in [0.717, 1.165) is 10.2 Å². The van der Waals surface area contributed by atoms with Gasteiger partial charge in [-0.3, -0.25) is 0 Å². The Morgan fingerprint density at radius 1 is 1.05 bits per heavy atom. The van der Waals surface area contributed by atoms with Crippen molar-refractivity contribution in [3.63, 3.8) is 0 Å². The quantitative estimate of drug-likeness (QED) is 0.661. The van der Waals surface area contributed by atoms with Crippen molar-refractivity contribution in [2.75, 3.05) is 13.2 Å². The molecule has 2 rings (SSSR count). The third-order valence-corrected chi connectivity index (χ3v) is 4.06. The van der Waals surface area contributed by atoms with Gasteiger partial charge in [0.25, 0.3) is 0 Å². The molecule has 2 nitrogen and oxygen atoms in total. The van der Waals surface area contributed by atoms with Crippen molar-refractivity contribution in [3.05, 3.63) is 64.1 Å². The zero-order chi connectivity index (χ0) is 16.0. The summed E-state index contributed by atoms with van der Waals surface area (Å²) in [4.78, 5) is 0. The Kier molecular flexibility index (Phi) is 6.04. The van der Waals surface area contributed by atoms with Crippen molar-refractivity contribution in [2.45, 2.75) is 32.8 Å². The maximum absolute atomic E-state index is 5.92. The summed E-state index contributed by atoms with van der Waals surface area (Å²) >= 11 is 3.48. The first-order chi connectivity index (χ1) is 10.5. The van der Waals surface area contributed by atoms with Crippen LogP contribution in [0.4, 0.5) is 0 Å². The average Bonchev–Trinajstić information content (AvgIpc) is 2.48. The van der Waals surface area contributed by atoms with Crippen LogP contribution in [0.15, 0.2) is 53.0 Å². The summed E-state index contributed by atoms with van der Waals surface area (Å²) in [6, 6.07) is 16.5. The summed E-state index contributed by atoms with van der Waals surface area (Å²) in [6.07, 6.45) is 0. The molecular formula is C19H23BrO2. The van der Waals surface area contributed by atoms with E-state index >= 15 is 0 Å². The van der Waals surface area contributed by atoms with Gasteiger partial charge in [0, 0.05) is 9.89 Å². The molecular weight excluding hydrogens is 340 g/mol. The Balaban J connectivity index is 1.92. The minimum atomic E-state index is -0.0310. The molecule has 118 valence electrons. The zero-order valence-electron chi connectivity index (χ0n) is 13.4. The lowest BCUT2D eigenvalue weighted by Gasteiger charge is -2.25. The number of hydrogen-bond donors (Lipinski definition) is 0. The minimum Gasteiger partial charge on any atom is -0.494 e. The molecule has 0 radical (unpaired) electrons. The van der Waals surface area contributed by atoms with Gasteiger partial charge in [-0.25, -0.2) is 0 Å². The summed E-state index contributed by atoms with van der Waals surface area (Å²) < 4.78 is 12.5. The first-order valence-electron chi connectivity index (χ1n) is 7.57. The van der Waals surface area contributed by atoms with E-state index in [4.69, 9.17) is 9.47 Å². The SMILES string of the molecule is CCOc1ccc(C(C)(C)COCc2cccc(Br)c2)cc1. The Morgan fingerprint density at radius 2 is 1.77 bits per heavy atom. The van der Waals surface area contributed by atoms with Crippen LogP contribution in [0.1, 0.15) is 31.9 Å². The predicted octanol–water partition coefficient (Wildman–Crippen LogP) is 5.34. The van der Waals surface area contributed by atoms with Gasteiger partial charge in [-0.15, -0.1) is 0 Å². The molecule has 0 aliphatic heterocycles. The van der Waals surface area contributed by atoms with Crippen molar-refractivity contribution in [2.24, 2.45) is 0 Å². The zero-order valence-corrected chi connectivity index (χ0v) is 15.0. The van der Waals surface area contributed by atoms with Gasteiger partial charge in [0.2, 0.25) is 0 Å². The predicted molar refractivity (Wildman–Crippen MR) is 94.4 cm³/mol. The Bertz CT molecular complexity index is 591. The summed E-state index contributed by atoms with van der Waals surface area (Å²) in [5.41, 5.74) is 2.40. The van der Waals surface area contributed by atoms with Crippen LogP contribution >= 0.6 is 15.9 Å². The normalized spacial score (nSPS) is 11.5. The Labute approximate surface area is 141 Å². The van der Waals surface area contributed by atoms with Gasteiger partial charge in [0.1, 0.15) is 5.75 Å². The highest BCUT2D eigenvalue weighted by molar-refractivity contribution is 9.10. The molecule has 0 aliphatic carbocycles. The fraction of sp³-hybridized carbons (Fsp3) is 0.368. The second-order valence-corrected chi connectivity index (χ2v) is 6.88. The summed E-state index contributed by atoms with van der Waals surface area (Å²) in [7, 11) is 0. The average molecular weight is 363 g/mol. The molecule has 3 heteroatoms. The maximum atomic E-state index is 5.92. The van der Waals surface area contributed by atoms with Crippen molar-refractivity contribution in [1.29, 1.82) is 0 Å². The first kappa shape index (κ1) is 17.0. The second-order valence-electron chi connectivity index (χ2n) is 5.96. The molecule has 2 aromatic rings. The monoisotopic (exact) mass is 362 g/mol. The molecule has 0 saturated heterocycles. The van der Waals surface area contributed by atoms with E-state index in [-0.39, 0.29) is 5.41 Å². The fourth-order valence-electron chi connectivity index (χ4n) is 2.30. The molecule has 0 aliphatic rings. The lowest BCUT2D eigenvalue weighted by molar-refractivity contribution is 0.0824. The fourth-order valence-corrected chi connectivity index (χ4v) is 2.75. The molecule has 0 N–H and O–H groups in total. The van der Waals surface area contributed by atoms with E-state index in [9.17, 15) is 0 Å². The van der Waals surface area contributed by atoms with Crippen LogP contribution in [0, 0.1) is 0 Å². The first-order valence-corrected chi connectivity index (χ1v) is 8.36. The highest BCUT2D eigenvalue weighted by Crippen LogP contribution is 2.26. The summed E-state index contributed by atoms with van der Waals surface area (Å²) in [5.74, 6) is 0.914. The minimum absolute atomic E-state index is 0.0310. The largest absolute Gasteiger partial charge is 0.494 e. The lowest BCUT2D eigenvalue weighted by atomic mass is 9.85. The highest BCUT2D eigenvalue weighted by atomic mass is 79.9. The van der Waals surface area contributed by atoms with E-state index < -0.39 is 0 Å². The van der Waals surface area contributed by atoms with Crippen LogP contribution in [0.5, 0.6) is 5.75 Å². The van der Waals surface area contributed by atoms with Crippen molar-refractivity contribution >= 4 is 15.9 Å². The topological polar surface area (TPSA) is 18.5 Å². The number of ether oxygens (including phenoxy) is 2. The van der Waals surface area contributed by atoms with E-state index in [1.165, 1.54) is 11.1 Å². The van der Waals surface area contributed by atoms with E-state index in [2.05, 4.69) is 54.0 Å². The molecule has 2 aromatic carbocycles. The third-order valence-electron chi connectivity index (χ3n) is 3.57. The third kappa shape index (κ3) is 4.85. The van der Waals surface area contributed by atoms with Gasteiger partial charge < -0.3 is 9.47 Å². The lowest BCUT2D eigenvalue weighted by Crippen LogP contribution is -2.24. The van der Waals surface area contributed by atoms with Crippen LogP contribution in [0.25, 0.3) is 0 Å². The van der Waals surface area contributed by atoms with Gasteiger partial charge in [0.15, 0.2) is 0 Å². The van der Waals surface area contributed by atoms with Crippen LogP contribution in [-0.4, -0.2) is 13.2 Å². The molecule has 0 saturated carbocycles. The second kappa shape index (κ2) is 7.80. The standard InChI is InChI=1S/C19H23BrO2/c1-4-22-18-10-8-16(9-11-18)19(2,3)14-21-13-15-6-5-7-17(20)12-15/h5-12H,4,13-14H2,1-3H3. The molecule has 0 amide bonds. The highest BCUT2D eigenvalue weighted by Gasteiger charge is 2.21. The summed E-state index contributed by atoms with van der Waals surface area (Å²) in [5, 5.41) is 0. The van der Waals surface area contributed by atoms with Crippen LogP contribution in [-0.2, 0) is 16.8 Å². The van der Waals surface area contributed by atoms with Crippen LogP contribution in [0.2, 0.25) is 0 Å². The van der Waals surface area contributed by atoms with E-state index in [1.807, 2.05) is 31.2 Å². The maximum Gasteiger partial charge on any atom is 0.119 e. The molecule has 0 bridgehead atoms. The van der Waals surface area contributed by atoms with E-state index in [0.29, 0.717) is 19.8 Å². The Hall–Kier alpha value is -1.32. The van der Waals surface area contributed by atoms with E-state index in [1.54, 1.807) is 0 Å². The molecule has 0 atom stereocenters. The van der Waals surface area contributed by atoms with Gasteiger partial charge in [-0.2, -0.15) is 0 Å². The number of halogens is 1. The van der Waals surface area contributed by atoms with Crippen molar-refractivity contribution in [1.82, 2.24) is 0 Å².